The Morgan fingerprint density at radius 3 is 2.71 bits per heavy atom. The first-order chi connectivity index (χ1) is 13.7. The van der Waals surface area contributed by atoms with Gasteiger partial charge in [-0.1, -0.05) is 48.0 Å². The average molecular weight is 392 g/mol. The first-order valence-corrected chi connectivity index (χ1v) is 9.25. The van der Waals surface area contributed by atoms with E-state index in [1.54, 1.807) is 30.5 Å². The summed E-state index contributed by atoms with van der Waals surface area (Å²) in [6.45, 7) is 0.967. The Morgan fingerprint density at radius 2 is 1.89 bits per heavy atom. The van der Waals surface area contributed by atoms with Crippen molar-refractivity contribution in [3.8, 4) is 11.4 Å². The van der Waals surface area contributed by atoms with Crippen LogP contribution >= 0.6 is 11.6 Å². The minimum atomic E-state index is -0.291. The van der Waals surface area contributed by atoms with Crippen LogP contribution in [0.25, 0.3) is 22.6 Å². The summed E-state index contributed by atoms with van der Waals surface area (Å²) in [5.41, 5.74) is 3.26. The van der Waals surface area contributed by atoms with Crippen LogP contribution in [0.4, 0.5) is 10.5 Å². The lowest BCUT2D eigenvalue weighted by atomic mass is 10.2. The lowest BCUT2D eigenvalue weighted by molar-refractivity contribution is 0.251. The number of nitrogens with zero attached hydrogens (tertiary/aromatic N) is 3. The van der Waals surface area contributed by atoms with Gasteiger partial charge in [0, 0.05) is 35.6 Å². The Hall–Kier alpha value is -3.38. The molecule has 140 valence electrons. The van der Waals surface area contributed by atoms with Gasteiger partial charge in [0.15, 0.2) is 5.65 Å². The second-order valence-electron chi connectivity index (χ2n) is 6.19. The third kappa shape index (κ3) is 3.97. The number of carbonyl (C=O) groups is 1. The maximum Gasteiger partial charge on any atom is 0.319 e. The van der Waals surface area contributed by atoms with Crippen molar-refractivity contribution in [2.45, 2.75) is 6.54 Å². The summed E-state index contributed by atoms with van der Waals surface area (Å²) in [6.07, 6.45) is 1.74. The second kappa shape index (κ2) is 8.10. The molecule has 0 saturated heterocycles. The van der Waals surface area contributed by atoms with Gasteiger partial charge in [-0.3, -0.25) is 0 Å². The highest BCUT2D eigenvalue weighted by molar-refractivity contribution is 6.30. The van der Waals surface area contributed by atoms with E-state index < -0.39 is 0 Å². The Morgan fingerprint density at radius 1 is 1.04 bits per heavy atom. The number of anilines is 1. The molecule has 0 unspecified atom stereocenters. The molecule has 2 heterocycles. The Bertz CT molecular complexity index is 1110. The zero-order valence-corrected chi connectivity index (χ0v) is 15.7. The summed E-state index contributed by atoms with van der Waals surface area (Å²) in [4.78, 5) is 21.3. The van der Waals surface area contributed by atoms with Gasteiger partial charge in [0.2, 0.25) is 0 Å². The van der Waals surface area contributed by atoms with E-state index in [0.29, 0.717) is 23.8 Å². The fourth-order valence-electron chi connectivity index (χ4n) is 3.00. The number of amides is 2. The number of hydrogen-bond acceptors (Lipinski definition) is 3. The highest BCUT2D eigenvalue weighted by atomic mass is 35.5. The molecule has 7 heteroatoms. The number of aromatic nitrogens is 3. The fraction of sp³-hybridized carbons (Fsp3) is 0.0952. The van der Waals surface area contributed by atoms with E-state index in [4.69, 9.17) is 16.6 Å². The van der Waals surface area contributed by atoms with Crippen molar-refractivity contribution in [2.24, 2.45) is 0 Å². The van der Waals surface area contributed by atoms with Crippen LogP contribution in [0.5, 0.6) is 0 Å². The maximum atomic E-state index is 12.2. The smallest absolute Gasteiger partial charge is 0.319 e. The molecule has 0 radical (unpaired) electrons. The SMILES string of the molecule is O=C(NCCn1c(-c2ccccc2)nc2cccnc21)Nc1cccc(Cl)c1. The number of rotatable bonds is 5. The predicted molar refractivity (Wildman–Crippen MR) is 111 cm³/mol. The molecule has 0 fully saturated rings. The van der Waals surface area contributed by atoms with E-state index in [9.17, 15) is 4.79 Å². The van der Waals surface area contributed by atoms with E-state index in [-0.39, 0.29) is 6.03 Å². The monoisotopic (exact) mass is 391 g/mol. The van der Waals surface area contributed by atoms with Crippen LogP contribution in [0, 0.1) is 0 Å². The molecule has 0 saturated carbocycles. The minimum Gasteiger partial charge on any atom is -0.336 e. The van der Waals surface area contributed by atoms with Crippen molar-refractivity contribution < 1.29 is 4.79 Å². The number of pyridine rings is 1. The largest absolute Gasteiger partial charge is 0.336 e. The zero-order chi connectivity index (χ0) is 19.3. The summed E-state index contributed by atoms with van der Waals surface area (Å²) < 4.78 is 2.02. The Kier molecular flexibility index (Phi) is 5.21. The predicted octanol–water partition coefficient (Wildman–Crippen LogP) is 4.57. The van der Waals surface area contributed by atoms with Crippen molar-refractivity contribution in [1.29, 1.82) is 0 Å². The quantitative estimate of drug-likeness (QED) is 0.523. The van der Waals surface area contributed by atoms with E-state index in [2.05, 4.69) is 15.6 Å². The van der Waals surface area contributed by atoms with Crippen LogP contribution < -0.4 is 10.6 Å². The number of fused-ring (bicyclic) bond motifs is 1. The number of urea groups is 1. The molecular formula is C21H18ClN5O. The molecule has 0 aliphatic rings. The van der Waals surface area contributed by atoms with E-state index in [0.717, 1.165) is 22.6 Å². The van der Waals surface area contributed by atoms with Crippen LogP contribution in [0.1, 0.15) is 0 Å². The molecule has 0 atom stereocenters. The van der Waals surface area contributed by atoms with Gasteiger partial charge in [0.25, 0.3) is 0 Å². The number of hydrogen-bond donors (Lipinski definition) is 2. The summed E-state index contributed by atoms with van der Waals surface area (Å²) >= 11 is 5.94. The molecule has 2 amide bonds. The van der Waals surface area contributed by atoms with Crippen molar-refractivity contribution >= 4 is 34.5 Å². The maximum absolute atomic E-state index is 12.2. The fourth-order valence-corrected chi connectivity index (χ4v) is 3.19. The number of nitrogens with one attached hydrogen (secondary N) is 2. The third-order valence-electron chi connectivity index (χ3n) is 4.24. The lowest BCUT2D eigenvalue weighted by Gasteiger charge is -2.11. The standard InChI is InChI=1S/C21H18ClN5O/c22-16-8-4-9-17(14-16)25-21(28)24-12-13-27-19(15-6-2-1-3-7-15)26-18-10-5-11-23-20(18)27/h1-11,14H,12-13H2,(H2,24,25,28). The highest BCUT2D eigenvalue weighted by Gasteiger charge is 2.13. The van der Waals surface area contributed by atoms with E-state index >= 15 is 0 Å². The first kappa shape index (κ1) is 18.0. The molecule has 0 aliphatic heterocycles. The number of carbonyl (C=O) groups excluding carboxylic acids is 1. The summed E-state index contributed by atoms with van der Waals surface area (Å²) in [6, 6.07) is 20.5. The number of halogens is 1. The number of imidazole rings is 1. The van der Waals surface area contributed by atoms with Gasteiger partial charge in [0.05, 0.1) is 0 Å². The molecule has 4 aromatic rings. The van der Waals surface area contributed by atoms with Gasteiger partial charge in [-0.2, -0.15) is 0 Å². The van der Waals surface area contributed by atoms with Crippen molar-refractivity contribution in [3.63, 3.8) is 0 Å². The molecular weight excluding hydrogens is 374 g/mol. The molecule has 4 rings (SSSR count). The number of benzene rings is 2. The third-order valence-corrected chi connectivity index (χ3v) is 4.47. The van der Waals surface area contributed by atoms with E-state index in [1.165, 1.54) is 0 Å². The van der Waals surface area contributed by atoms with Crippen LogP contribution in [0.2, 0.25) is 5.02 Å². The van der Waals surface area contributed by atoms with Gasteiger partial charge < -0.3 is 15.2 Å². The van der Waals surface area contributed by atoms with Crippen molar-refractivity contribution in [2.75, 3.05) is 11.9 Å². The van der Waals surface area contributed by atoms with Crippen LogP contribution in [-0.2, 0) is 6.54 Å². The highest BCUT2D eigenvalue weighted by Crippen LogP contribution is 2.23. The Labute approximate surface area is 167 Å². The molecule has 2 N–H and O–H groups in total. The molecule has 0 aliphatic carbocycles. The van der Waals surface area contributed by atoms with Crippen LogP contribution in [0.15, 0.2) is 72.9 Å². The molecule has 6 nitrogen and oxygen atoms in total. The molecule has 2 aromatic carbocycles. The van der Waals surface area contributed by atoms with E-state index in [1.807, 2.05) is 47.0 Å². The van der Waals surface area contributed by atoms with Gasteiger partial charge in [0.1, 0.15) is 11.3 Å². The van der Waals surface area contributed by atoms with Gasteiger partial charge in [-0.05, 0) is 30.3 Å². The van der Waals surface area contributed by atoms with Crippen molar-refractivity contribution in [1.82, 2.24) is 19.9 Å². The molecule has 2 aromatic heterocycles. The Balaban J connectivity index is 1.49. The van der Waals surface area contributed by atoms with Crippen LogP contribution in [0.3, 0.4) is 0 Å². The minimum absolute atomic E-state index is 0.291. The topological polar surface area (TPSA) is 71.8 Å². The summed E-state index contributed by atoms with van der Waals surface area (Å²) in [5, 5.41) is 6.20. The summed E-state index contributed by atoms with van der Waals surface area (Å²) in [5.74, 6) is 0.825. The van der Waals surface area contributed by atoms with Gasteiger partial charge in [-0.15, -0.1) is 0 Å². The zero-order valence-electron chi connectivity index (χ0n) is 15.0. The normalized spacial score (nSPS) is 10.8. The van der Waals surface area contributed by atoms with Gasteiger partial charge >= 0.3 is 6.03 Å². The second-order valence-corrected chi connectivity index (χ2v) is 6.63. The average Bonchev–Trinajstić information content (AvgIpc) is 3.07. The molecule has 28 heavy (non-hydrogen) atoms. The molecule has 0 spiro atoms. The molecule has 0 bridgehead atoms. The summed E-state index contributed by atoms with van der Waals surface area (Å²) in [7, 11) is 0. The van der Waals surface area contributed by atoms with Gasteiger partial charge in [-0.25, -0.2) is 14.8 Å². The van der Waals surface area contributed by atoms with Crippen LogP contribution in [-0.4, -0.2) is 27.1 Å². The van der Waals surface area contributed by atoms with Crippen molar-refractivity contribution in [3.05, 3.63) is 77.9 Å². The lowest BCUT2D eigenvalue weighted by Crippen LogP contribution is -2.31. The first-order valence-electron chi connectivity index (χ1n) is 8.88.